The molecular weight excluding hydrogens is 340 g/mol. The quantitative estimate of drug-likeness (QED) is 0.276. The molecule has 0 bridgehead atoms. The maximum atomic E-state index is 12.2. The standard InChI is InChI=1S/C14H7BrN2O4/c15-13-5-4-12(21-13)7-10(8-16)14(18)9-2-1-3-11(6-9)17(19)20/h1-7H/b10-7+. The summed E-state index contributed by atoms with van der Waals surface area (Å²) in [5.74, 6) is -0.272. The van der Waals surface area contributed by atoms with Gasteiger partial charge in [0.25, 0.3) is 5.69 Å². The van der Waals surface area contributed by atoms with Crippen molar-refractivity contribution in [3.63, 3.8) is 0 Å². The molecule has 104 valence electrons. The van der Waals surface area contributed by atoms with Gasteiger partial charge in [-0.15, -0.1) is 0 Å². The Bertz CT molecular complexity index is 786. The molecule has 0 unspecified atom stereocenters. The van der Waals surface area contributed by atoms with Crippen LogP contribution in [0.3, 0.4) is 0 Å². The molecule has 0 aliphatic carbocycles. The Balaban J connectivity index is 2.37. The molecule has 0 fully saturated rings. The number of allylic oxidation sites excluding steroid dienone is 1. The van der Waals surface area contributed by atoms with Crippen molar-refractivity contribution in [2.45, 2.75) is 0 Å². The Kier molecular flexibility index (Phi) is 4.30. The third-order valence-corrected chi connectivity index (χ3v) is 2.99. The van der Waals surface area contributed by atoms with Crippen LogP contribution in [-0.2, 0) is 0 Å². The van der Waals surface area contributed by atoms with Gasteiger partial charge in [0.15, 0.2) is 4.67 Å². The van der Waals surface area contributed by atoms with Crippen molar-refractivity contribution >= 4 is 33.5 Å². The first-order chi connectivity index (χ1) is 10.0. The number of furan rings is 1. The Morgan fingerprint density at radius 3 is 2.71 bits per heavy atom. The van der Waals surface area contributed by atoms with Gasteiger partial charge in [0.05, 0.1) is 4.92 Å². The second-order valence-electron chi connectivity index (χ2n) is 3.95. The number of carbonyl (C=O) groups excluding carboxylic acids is 1. The SMILES string of the molecule is N#C/C(=C\c1ccc(Br)o1)C(=O)c1cccc([N+](=O)[O-])c1. The zero-order valence-corrected chi connectivity index (χ0v) is 12.0. The van der Waals surface area contributed by atoms with Crippen LogP contribution in [0.4, 0.5) is 5.69 Å². The monoisotopic (exact) mass is 346 g/mol. The van der Waals surface area contributed by atoms with Gasteiger partial charge in [-0.2, -0.15) is 5.26 Å². The van der Waals surface area contributed by atoms with E-state index in [2.05, 4.69) is 15.9 Å². The average molecular weight is 347 g/mol. The van der Waals surface area contributed by atoms with Gasteiger partial charge in [-0.3, -0.25) is 14.9 Å². The fourth-order valence-corrected chi connectivity index (χ4v) is 1.93. The molecule has 0 aliphatic rings. The van der Waals surface area contributed by atoms with Crippen molar-refractivity contribution in [2.24, 2.45) is 0 Å². The summed E-state index contributed by atoms with van der Waals surface area (Å²) in [6.45, 7) is 0. The molecule has 2 rings (SSSR count). The minimum Gasteiger partial charge on any atom is -0.450 e. The van der Waals surface area contributed by atoms with Gasteiger partial charge in [0, 0.05) is 23.8 Å². The van der Waals surface area contributed by atoms with Gasteiger partial charge < -0.3 is 4.42 Å². The van der Waals surface area contributed by atoms with Crippen LogP contribution in [-0.4, -0.2) is 10.7 Å². The van der Waals surface area contributed by atoms with E-state index in [4.69, 9.17) is 9.68 Å². The Hall–Kier alpha value is -2.72. The van der Waals surface area contributed by atoms with Gasteiger partial charge in [-0.25, -0.2) is 0 Å². The summed E-state index contributed by atoms with van der Waals surface area (Å²) in [7, 11) is 0. The van der Waals surface area contributed by atoms with E-state index in [0.29, 0.717) is 10.4 Å². The van der Waals surface area contributed by atoms with Crippen molar-refractivity contribution in [1.29, 1.82) is 5.26 Å². The van der Waals surface area contributed by atoms with Crippen molar-refractivity contribution in [2.75, 3.05) is 0 Å². The van der Waals surface area contributed by atoms with E-state index < -0.39 is 10.7 Å². The first-order valence-electron chi connectivity index (χ1n) is 5.67. The number of hydrogen-bond donors (Lipinski definition) is 0. The lowest BCUT2D eigenvalue weighted by atomic mass is 10.0. The summed E-state index contributed by atoms with van der Waals surface area (Å²) in [6, 6.07) is 10.2. The molecule has 0 aliphatic heterocycles. The van der Waals surface area contributed by atoms with Crippen LogP contribution in [0.5, 0.6) is 0 Å². The summed E-state index contributed by atoms with van der Waals surface area (Å²) in [5, 5.41) is 19.8. The van der Waals surface area contributed by atoms with Crippen LogP contribution in [0.25, 0.3) is 6.08 Å². The number of nitrogens with zero attached hydrogens (tertiary/aromatic N) is 2. The summed E-state index contributed by atoms with van der Waals surface area (Å²) >= 11 is 3.11. The molecule has 21 heavy (non-hydrogen) atoms. The molecule has 6 nitrogen and oxygen atoms in total. The smallest absolute Gasteiger partial charge is 0.270 e. The lowest BCUT2D eigenvalue weighted by molar-refractivity contribution is -0.384. The lowest BCUT2D eigenvalue weighted by Gasteiger charge is -1.99. The number of ketones is 1. The van der Waals surface area contributed by atoms with Gasteiger partial charge in [0.1, 0.15) is 17.4 Å². The molecular formula is C14H7BrN2O4. The van der Waals surface area contributed by atoms with Gasteiger partial charge in [0.2, 0.25) is 5.78 Å². The average Bonchev–Trinajstić information content (AvgIpc) is 2.89. The third kappa shape index (κ3) is 3.43. The van der Waals surface area contributed by atoms with Crippen LogP contribution in [0, 0.1) is 21.4 Å². The molecule has 1 aromatic heterocycles. The summed E-state index contributed by atoms with van der Waals surface area (Å²) < 4.78 is 5.66. The maximum absolute atomic E-state index is 12.2. The van der Waals surface area contributed by atoms with E-state index in [0.717, 1.165) is 6.07 Å². The predicted octanol–water partition coefficient (Wildman–Crippen LogP) is 3.74. The molecule has 7 heteroatoms. The molecule has 0 saturated heterocycles. The second-order valence-corrected chi connectivity index (χ2v) is 4.73. The van der Waals surface area contributed by atoms with Crippen molar-refractivity contribution in [3.05, 3.63) is 68.1 Å². The van der Waals surface area contributed by atoms with Gasteiger partial charge >= 0.3 is 0 Å². The van der Waals surface area contributed by atoms with Crippen LogP contribution >= 0.6 is 15.9 Å². The number of nitro benzene ring substituents is 1. The fourth-order valence-electron chi connectivity index (χ4n) is 1.61. The largest absolute Gasteiger partial charge is 0.450 e. The molecule has 0 N–H and O–H groups in total. The first kappa shape index (κ1) is 14.7. The van der Waals surface area contributed by atoms with Crippen molar-refractivity contribution < 1.29 is 14.1 Å². The number of non-ortho nitro benzene ring substituents is 1. The zero-order valence-electron chi connectivity index (χ0n) is 10.4. The first-order valence-corrected chi connectivity index (χ1v) is 6.47. The molecule has 1 heterocycles. The Labute approximate surface area is 127 Å². The fraction of sp³-hybridized carbons (Fsp3) is 0. The second kappa shape index (κ2) is 6.15. The molecule has 1 aromatic carbocycles. The minimum absolute atomic E-state index is 0.0719. The van der Waals surface area contributed by atoms with Crippen LogP contribution < -0.4 is 0 Å². The molecule has 2 aromatic rings. The Morgan fingerprint density at radius 2 is 2.14 bits per heavy atom. The highest BCUT2D eigenvalue weighted by atomic mass is 79.9. The molecule has 0 saturated carbocycles. The van der Waals surface area contributed by atoms with E-state index >= 15 is 0 Å². The lowest BCUT2D eigenvalue weighted by Crippen LogP contribution is -2.02. The van der Waals surface area contributed by atoms with Crippen molar-refractivity contribution in [1.82, 2.24) is 0 Å². The number of halogens is 1. The van der Waals surface area contributed by atoms with Gasteiger partial charge in [-0.1, -0.05) is 12.1 Å². The van der Waals surface area contributed by atoms with E-state index in [1.54, 1.807) is 18.2 Å². The summed E-state index contributed by atoms with van der Waals surface area (Å²) in [6.07, 6.45) is 1.28. The normalized spacial score (nSPS) is 11.0. The Morgan fingerprint density at radius 1 is 1.38 bits per heavy atom. The van der Waals surface area contributed by atoms with Crippen LogP contribution in [0.15, 0.2) is 51.1 Å². The maximum Gasteiger partial charge on any atom is 0.270 e. The van der Waals surface area contributed by atoms with Crippen LogP contribution in [0.2, 0.25) is 0 Å². The molecule has 0 amide bonds. The summed E-state index contributed by atoms with van der Waals surface area (Å²) in [4.78, 5) is 22.3. The highest BCUT2D eigenvalue weighted by molar-refractivity contribution is 9.10. The van der Waals surface area contributed by atoms with Gasteiger partial charge in [-0.05, 0) is 28.1 Å². The molecule has 0 radical (unpaired) electrons. The summed E-state index contributed by atoms with van der Waals surface area (Å²) in [5.41, 5.74) is -0.307. The minimum atomic E-state index is -0.603. The predicted molar refractivity (Wildman–Crippen MR) is 77.4 cm³/mol. The number of rotatable bonds is 4. The molecule has 0 atom stereocenters. The number of nitriles is 1. The number of Topliss-reactive ketones (excluding diaryl/α,β-unsaturated/α-hetero) is 1. The number of carbonyl (C=O) groups is 1. The van der Waals surface area contributed by atoms with E-state index in [1.807, 2.05) is 0 Å². The molecule has 0 spiro atoms. The zero-order chi connectivity index (χ0) is 15.4. The number of benzene rings is 1. The van der Waals surface area contributed by atoms with E-state index in [1.165, 1.54) is 24.3 Å². The van der Waals surface area contributed by atoms with E-state index in [-0.39, 0.29) is 16.8 Å². The van der Waals surface area contributed by atoms with Crippen LogP contribution in [0.1, 0.15) is 16.1 Å². The van der Waals surface area contributed by atoms with Crippen molar-refractivity contribution in [3.8, 4) is 6.07 Å². The highest BCUT2D eigenvalue weighted by Crippen LogP contribution is 2.20. The number of nitro groups is 1. The topological polar surface area (TPSA) is 97.1 Å². The number of hydrogen-bond acceptors (Lipinski definition) is 5. The highest BCUT2D eigenvalue weighted by Gasteiger charge is 2.16. The third-order valence-electron chi connectivity index (χ3n) is 2.56. The van der Waals surface area contributed by atoms with E-state index in [9.17, 15) is 14.9 Å².